The molecule has 2 aromatic rings. The number of fused-ring (bicyclic) bond motifs is 2. The topological polar surface area (TPSA) is 41.1 Å². The molecule has 3 nitrogen and oxygen atoms in total. The van der Waals surface area contributed by atoms with Gasteiger partial charge in [-0.1, -0.05) is 67.5 Å². The summed E-state index contributed by atoms with van der Waals surface area (Å²) in [6, 6.07) is 13.0. The molecule has 1 amide bonds. The van der Waals surface area contributed by atoms with Gasteiger partial charge in [0.1, 0.15) is 5.41 Å². The summed E-state index contributed by atoms with van der Waals surface area (Å²) in [4.78, 5) is 14.3. The van der Waals surface area contributed by atoms with E-state index in [1.54, 1.807) is 0 Å². The van der Waals surface area contributed by atoms with E-state index in [0.29, 0.717) is 16.5 Å². The summed E-state index contributed by atoms with van der Waals surface area (Å²) < 4.78 is 0. The average Bonchev–Trinajstić information content (AvgIpc) is 2.88. The molecule has 0 saturated carbocycles. The standard InChI is InChI=1S/C21H20Cl2N2OS/c1-11(2)16-10-18(27)25-19(12-4-3-5-13(22)8-12)21(16)15-7-6-14(23)9-17(15)24-20(21)26/h3-9,11,16,19H,10H2,1-2H3,(H,24,26)(H,25,27)/t16-,19?,21-/m1/s1. The van der Waals surface area contributed by atoms with Gasteiger partial charge in [0.15, 0.2) is 0 Å². The molecule has 6 heteroatoms. The molecule has 1 spiro atoms. The van der Waals surface area contributed by atoms with E-state index in [9.17, 15) is 4.79 Å². The van der Waals surface area contributed by atoms with Crippen molar-refractivity contribution in [3.8, 4) is 0 Å². The maximum Gasteiger partial charge on any atom is 0.237 e. The summed E-state index contributed by atoms with van der Waals surface area (Å²) in [5, 5.41) is 7.75. The summed E-state index contributed by atoms with van der Waals surface area (Å²) >= 11 is 18.1. The van der Waals surface area contributed by atoms with E-state index in [0.717, 1.165) is 21.8 Å². The first kappa shape index (κ1) is 18.7. The Morgan fingerprint density at radius 3 is 2.59 bits per heavy atom. The second kappa shape index (κ2) is 6.77. The highest BCUT2D eigenvalue weighted by molar-refractivity contribution is 7.80. The Morgan fingerprint density at radius 2 is 1.89 bits per heavy atom. The first-order chi connectivity index (χ1) is 12.8. The first-order valence-electron chi connectivity index (χ1n) is 9.00. The second-order valence-electron chi connectivity index (χ2n) is 7.62. The van der Waals surface area contributed by atoms with Crippen molar-refractivity contribution < 1.29 is 4.79 Å². The zero-order valence-corrected chi connectivity index (χ0v) is 17.4. The number of thiocarbonyl (C=S) groups is 1. The van der Waals surface area contributed by atoms with Gasteiger partial charge in [-0.2, -0.15) is 0 Å². The fourth-order valence-corrected chi connectivity index (χ4v) is 5.35. The first-order valence-corrected chi connectivity index (χ1v) is 10.2. The smallest absolute Gasteiger partial charge is 0.237 e. The lowest BCUT2D eigenvalue weighted by Gasteiger charge is -2.48. The maximum atomic E-state index is 13.5. The molecule has 0 aromatic heterocycles. The number of hydrogen-bond acceptors (Lipinski definition) is 2. The van der Waals surface area contributed by atoms with Crippen LogP contribution in [0.2, 0.25) is 10.0 Å². The van der Waals surface area contributed by atoms with Crippen LogP contribution in [0, 0.1) is 11.8 Å². The number of hydrogen-bond donors (Lipinski definition) is 2. The molecule has 0 radical (unpaired) electrons. The van der Waals surface area contributed by atoms with Crippen LogP contribution in [0.4, 0.5) is 5.69 Å². The molecule has 1 fully saturated rings. The summed E-state index contributed by atoms with van der Waals surface area (Å²) in [5.41, 5.74) is 1.92. The van der Waals surface area contributed by atoms with Crippen LogP contribution in [0.25, 0.3) is 0 Å². The lowest BCUT2D eigenvalue weighted by molar-refractivity contribution is -0.125. The number of benzene rings is 2. The largest absolute Gasteiger partial charge is 0.371 e. The number of carbonyl (C=O) groups excluding carboxylic acids is 1. The number of carbonyl (C=O) groups is 1. The van der Waals surface area contributed by atoms with Crippen LogP contribution in [0.5, 0.6) is 0 Å². The molecule has 27 heavy (non-hydrogen) atoms. The fourth-order valence-electron chi connectivity index (χ4n) is 4.69. The predicted octanol–water partition coefficient (Wildman–Crippen LogP) is 5.52. The van der Waals surface area contributed by atoms with Gasteiger partial charge in [-0.25, -0.2) is 0 Å². The minimum absolute atomic E-state index is 0.0153. The predicted molar refractivity (Wildman–Crippen MR) is 115 cm³/mol. The maximum absolute atomic E-state index is 13.5. The Kier molecular flexibility index (Phi) is 4.69. The summed E-state index contributed by atoms with van der Waals surface area (Å²) in [5.74, 6) is 0.301. The summed E-state index contributed by atoms with van der Waals surface area (Å²) in [7, 11) is 0. The van der Waals surface area contributed by atoms with E-state index in [1.165, 1.54) is 0 Å². The van der Waals surface area contributed by atoms with Crippen LogP contribution in [0.15, 0.2) is 42.5 Å². The fraction of sp³-hybridized carbons (Fsp3) is 0.333. The lowest BCUT2D eigenvalue weighted by atomic mass is 9.58. The SMILES string of the molecule is CC(C)[C@H]1CC(=S)NC(c2cccc(Cl)c2)[C@]12C(=O)Nc1cc(Cl)ccc12. The summed E-state index contributed by atoms with van der Waals surface area (Å²) in [6.45, 7) is 4.30. The molecule has 2 heterocycles. The van der Waals surface area contributed by atoms with Gasteiger partial charge in [0, 0.05) is 22.2 Å². The molecule has 4 rings (SSSR count). The van der Waals surface area contributed by atoms with Crippen LogP contribution in [-0.2, 0) is 10.2 Å². The molecule has 2 aliphatic heterocycles. The summed E-state index contributed by atoms with van der Waals surface area (Å²) in [6.07, 6.45) is 0.666. The number of nitrogens with one attached hydrogen (secondary N) is 2. The van der Waals surface area contributed by atoms with E-state index >= 15 is 0 Å². The quantitative estimate of drug-likeness (QED) is 0.630. The van der Waals surface area contributed by atoms with Crippen molar-refractivity contribution >= 4 is 52.0 Å². The second-order valence-corrected chi connectivity index (χ2v) is 8.99. The highest BCUT2D eigenvalue weighted by Crippen LogP contribution is 2.56. The molecule has 3 atom stereocenters. The molecule has 2 aromatic carbocycles. The van der Waals surface area contributed by atoms with Crippen LogP contribution >= 0.6 is 35.4 Å². The van der Waals surface area contributed by atoms with Gasteiger partial charge in [-0.15, -0.1) is 0 Å². The molecule has 2 aliphatic rings. The molecular weight excluding hydrogens is 399 g/mol. The van der Waals surface area contributed by atoms with Crippen molar-refractivity contribution in [1.29, 1.82) is 0 Å². The number of rotatable bonds is 2. The third-order valence-corrected chi connectivity index (χ3v) is 6.54. The van der Waals surface area contributed by atoms with Gasteiger partial charge < -0.3 is 10.6 Å². The minimum Gasteiger partial charge on any atom is -0.371 e. The number of piperidine rings is 1. The van der Waals surface area contributed by atoms with Gasteiger partial charge in [0.2, 0.25) is 5.91 Å². The number of amides is 1. The lowest BCUT2D eigenvalue weighted by Crippen LogP contribution is -2.58. The zero-order valence-electron chi connectivity index (χ0n) is 15.1. The van der Waals surface area contributed by atoms with Crippen molar-refractivity contribution in [2.75, 3.05) is 5.32 Å². The van der Waals surface area contributed by atoms with Crippen molar-refractivity contribution in [2.45, 2.75) is 31.7 Å². The van der Waals surface area contributed by atoms with E-state index in [1.807, 2.05) is 42.5 Å². The van der Waals surface area contributed by atoms with E-state index in [2.05, 4.69) is 24.5 Å². The molecule has 1 unspecified atom stereocenters. The van der Waals surface area contributed by atoms with Crippen LogP contribution in [0.1, 0.15) is 37.4 Å². The van der Waals surface area contributed by atoms with Crippen molar-refractivity contribution in [3.63, 3.8) is 0 Å². The van der Waals surface area contributed by atoms with Crippen molar-refractivity contribution in [3.05, 3.63) is 63.6 Å². The molecule has 1 saturated heterocycles. The Labute approximate surface area is 174 Å². The van der Waals surface area contributed by atoms with Gasteiger partial charge in [-0.05, 0) is 47.2 Å². The highest BCUT2D eigenvalue weighted by Gasteiger charge is 2.60. The Morgan fingerprint density at radius 1 is 1.15 bits per heavy atom. The van der Waals surface area contributed by atoms with Crippen LogP contribution in [0.3, 0.4) is 0 Å². The molecule has 0 bridgehead atoms. The molecule has 2 N–H and O–H groups in total. The molecular formula is C21H20Cl2N2OS. The van der Waals surface area contributed by atoms with Gasteiger partial charge in [0.25, 0.3) is 0 Å². The van der Waals surface area contributed by atoms with Crippen LogP contribution < -0.4 is 10.6 Å². The van der Waals surface area contributed by atoms with Crippen molar-refractivity contribution in [2.24, 2.45) is 11.8 Å². The van der Waals surface area contributed by atoms with Gasteiger partial charge in [0.05, 0.1) is 11.0 Å². The average molecular weight is 419 g/mol. The van der Waals surface area contributed by atoms with Gasteiger partial charge in [-0.3, -0.25) is 4.79 Å². The molecule has 140 valence electrons. The Balaban J connectivity index is 2.00. The normalized spacial score (nSPS) is 26.9. The highest BCUT2D eigenvalue weighted by atomic mass is 35.5. The monoisotopic (exact) mass is 418 g/mol. The third-order valence-electron chi connectivity index (χ3n) is 5.79. The molecule has 0 aliphatic carbocycles. The van der Waals surface area contributed by atoms with Crippen LogP contribution in [-0.4, -0.2) is 10.9 Å². The Bertz CT molecular complexity index is 946. The third kappa shape index (κ3) is 2.86. The van der Waals surface area contributed by atoms with E-state index < -0.39 is 5.41 Å². The zero-order chi connectivity index (χ0) is 19.3. The number of halogens is 2. The van der Waals surface area contributed by atoms with Gasteiger partial charge >= 0.3 is 0 Å². The minimum atomic E-state index is -0.777. The van der Waals surface area contributed by atoms with Crippen molar-refractivity contribution in [1.82, 2.24) is 5.32 Å². The van der Waals surface area contributed by atoms with E-state index in [-0.39, 0.29) is 23.8 Å². The van der Waals surface area contributed by atoms with E-state index in [4.69, 9.17) is 35.4 Å². The number of anilines is 1. The Hall–Kier alpha value is -1.62.